The Morgan fingerprint density at radius 3 is 2.90 bits per heavy atom. The van der Waals surface area contributed by atoms with Crippen molar-refractivity contribution in [2.24, 2.45) is 5.92 Å². The molecule has 0 bridgehead atoms. The highest BCUT2D eigenvalue weighted by atomic mass is 32.1. The maximum Gasteiger partial charge on any atom is 0.241 e. The zero-order valence-corrected chi connectivity index (χ0v) is 13.2. The third-order valence-electron chi connectivity index (χ3n) is 4.43. The Balaban J connectivity index is 1.79. The van der Waals surface area contributed by atoms with E-state index < -0.39 is 0 Å². The van der Waals surface area contributed by atoms with Crippen molar-refractivity contribution in [3.8, 4) is 0 Å². The number of thiophene rings is 1. The lowest BCUT2D eigenvalue weighted by molar-refractivity contribution is -0.132. The molecule has 1 amide bonds. The van der Waals surface area contributed by atoms with E-state index in [0.717, 1.165) is 25.2 Å². The van der Waals surface area contributed by atoms with Crippen LogP contribution in [0.3, 0.4) is 0 Å². The quantitative estimate of drug-likeness (QED) is 0.870. The molecule has 1 saturated carbocycles. The van der Waals surface area contributed by atoms with Crippen LogP contribution >= 0.6 is 11.3 Å². The number of hydrogen-bond donors (Lipinski definition) is 1. The predicted octanol–water partition coefficient (Wildman–Crippen LogP) is 3.54. The predicted molar refractivity (Wildman–Crippen MR) is 82.5 cm³/mol. The van der Waals surface area contributed by atoms with Crippen LogP contribution in [-0.4, -0.2) is 22.9 Å². The molecule has 1 aromatic heterocycles. The zero-order chi connectivity index (χ0) is 14.1. The molecular formula is C16H24N2OS. The van der Waals surface area contributed by atoms with Crippen molar-refractivity contribution < 1.29 is 4.79 Å². The molecule has 20 heavy (non-hydrogen) atoms. The first-order valence-corrected chi connectivity index (χ1v) is 8.70. The van der Waals surface area contributed by atoms with E-state index >= 15 is 0 Å². The lowest BCUT2D eigenvalue weighted by Crippen LogP contribution is -2.38. The molecule has 1 N–H and O–H groups in total. The van der Waals surface area contributed by atoms with Crippen LogP contribution < -0.4 is 5.32 Å². The van der Waals surface area contributed by atoms with Gasteiger partial charge in [-0.25, -0.2) is 0 Å². The fourth-order valence-electron chi connectivity index (χ4n) is 3.23. The average molecular weight is 292 g/mol. The lowest BCUT2D eigenvalue weighted by Gasteiger charge is -2.30. The molecule has 3 nitrogen and oxygen atoms in total. The van der Waals surface area contributed by atoms with Crippen LogP contribution in [-0.2, 0) is 4.79 Å². The second-order valence-electron chi connectivity index (χ2n) is 6.20. The largest absolute Gasteiger partial charge is 0.318 e. The van der Waals surface area contributed by atoms with Gasteiger partial charge in [0.2, 0.25) is 5.91 Å². The van der Waals surface area contributed by atoms with Gasteiger partial charge in [0.15, 0.2) is 0 Å². The maximum atomic E-state index is 12.7. The van der Waals surface area contributed by atoms with Gasteiger partial charge in [-0.1, -0.05) is 32.3 Å². The van der Waals surface area contributed by atoms with E-state index in [2.05, 4.69) is 41.6 Å². The number of rotatable bonds is 6. The van der Waals surface area contributed by atoms with Crippen LogP contribution in [0.5, 0.6) is 0 Å². The smallest absolute Gasteiger partial charge is 0.241 e. The van der Waals surface area contributed by atoms with Crippen LogP contribution in [0, 0.1) is 5.92 Å². The Hall–Kier alpha value is -0.870. The molecule has 3 rings (SSSR count). The number of carbonyl (C=O) groups excluding carboxylic acids is 1. The minimum Gasteiger partial charge on any atom is -0.318 e. The van der Waals surface area contributed by atoms with E-state index in [-0.39, 0.29) is 12.2 Å². The van der Waals surface area contributed by atoms with Gasteiger partial charge in [0, 0.05) is 10.9 Å². The molecule has 1 saturated heterocycles. The van der Waals surface area contributed by atoms with Gasteiger partial charge >= 0.3 is 0 Å². The summed E-state index contributed by atoms with van der Waals surface area (Å²) in [6, 6.07) is 4.56. The Morgan fingerprint density at radius 2 is 2.30 bits per heavy atom. The van der Waals surface area contributed by atoms with Gasteiger partial charge in [0.05, 0.1) is 6.04 Å². The van der Waals surface area contributed by atoms with Gasteiger partial charge in [0.1, 0.15) is 6.17 Å². The number of hydrogen-bond acceptors (Lipinski definition) is 3. The van der Waals surface area contributed by atoms with Crippen molar-refractivity contribution in [1.29, 1.82) is 0 Å². The molecular weight excluding hydrogens is 268 g/mol. The molecule has 1 aliphatic heterocycles. The first-order valence-electron chi connectivity index (χ1n) is 7.82. The third-order valence-corrected chi connectivity index (χ3v) is 5.35. The Kier molecular flexibility index (Phi) is 4.13. The van der Waals surface area contributed by atoms with Gasteiger partial charge in [-0.3, -0.25) is 10.1 Å². The summed E-state index contributed by atoms with van der Waals surface area (Å²) in [5, 5.41) is 5.65. The van der Waals surface area contributed by atoms with Gasteiger partial charge in [-0.2, -0.15) is 0 Å². The van der Waals surface area contributed by atoms with E-state index in [4.69, 9.17) is 0 Å². The minimum absolute atomic E-state index is 0.00810. The average Bonchev–Trinajstić information content (AvgIpc) is 2.96. The third kappa shape index (κ3) is 2.77. The summed E-state index contributed by atoms with van der Waals surface area (Å²) >= 11 is 1.74. The number of nitrogens with one attached hydrogen (secondary N) is 1. The fraction of sp³-hybridized carbons (Fsp3) is 0.688. The Bertz CT molecular complexity index is 455. The molecule has 3 unspecified atom stereocenters. The van der Waals surface area contributed by atoms with Crippen molar-refractivity contribution >= 4 is 17.2 Å². The molecule has 1 aliphatic carbocycles. The summed E-state index contributed by atoms with van der Waals surface area (Å²) in [4.78, 5) is 16.1. The van der Waals surface area contributed by atoms with Crippen LogP contribution in [0.15, 0.2) is 17.5 Å². The molecule has 2 fully saturated rings. The van der Waals surface area contributed by atoms with E-state index in [1.807, 2.05) is 0 Å². The number of amides is 1. The van der Waals surface area contributed by atoms with Gasteiger partial charge in [0.25, 0.3) is 0 Å². The molecule has 2 aliphatic rings. The van der Waals surface area contributed by atoms with E-state index in [9.17, 15) is 4.79 Å². The summed E-state index contributed by atoms with van der Waals surface area (Å²) in [5.74, 6) is 1.16. The van der Waals surface area contributed by atoms with E-state index in [1.54, 1.807) is 11.3 Å². The SMILES string of the molecule is CCCC1NC(c2cccs2)N(C(C)CC2CC2)C1=O. The fourth-order valence-corrected chi connectivity index (χ4v) is 4.01. The molecule has 0 spiro atoms. The number of carbonyl (C=O) groups is 1. The van der Waals surface area contributed by atoms with Crippen molar-refractivity contribution in [1.82, 2.24) is 10.2 Å². The molecule has 2 heterocycles. The summed E-state index contributed by atoms with van der Waals surface area (Å²) in [6.07, 6.45) is 5.93. The lowest BCUT2D eigenvalue weighted by atomic mass is 10.1. The second kappa shape index (κ2) is 5.86. The molecule has 1 aromatic rings. The van der Waals surface area contributed by atoms with Gasteiger partial charge in [-0.05, 0) is 37.1 Å². The van der Waals surface area contributed by atoms with Gasteiger partial charge < -0.3 is 4.90 Å². The van der Waals surface area contributed by atoms with Crippen LogP contribution in [0.4, 0.5) is 0 Å². The first kappa shape index (κ1) is 14.1. The normalized spacial score (nSPS) is 28.1. The van der Waals surface area contributed by atoms with E-state index in [1.165, 1.54) is 17.7 Å². The highest BCUT2D eigenvalue weighted by Crippen LogP contribution is 2.38. The van der Waals surface area contributed by atoms with Crippen molar-refractivity contribution in [2.45, 2.75) is 64.2 Å². The van der Waals surface area contributed by atoms with Crippen molar-refractivity contribution in [3.63, 3.8) is 0 Å². The number of nitrogens with zero attached hydrogens (tertiary/aromatic N) is 1. The summed E-state index contributed by atoms with van der Waals surface area (Å²) in [5.41, 5.74) is 0. The second-order valence-corrected chi connectivity index (χ2v) is 7.18. The van der Waals surface area contributed by atoms with Gasteiger partial charge in [-0.15, -0.1) is 11.3 Å². The Morgan fingerprint density at radius 1 is 1.50 bits per heavy atom. The van der Waals surface area contributed by atoms with Crippen molar-refractivity contribution in [3.05, 3.63) is 22.4 Å². The maximum absolute atomic E-state index is 12.7. The van der Waals surface area contributed by atoms with E-state index in [0.29, 0.717) is 11.9 Å². The zero-order valence-electron chi connectivity index (χ0n) is 12.3. The van der Waals surface area contributed by atoms with Crippen molar-refractivity contribution in [2.75, 3.05) is 0 Å². The Labute approximate surface area is 125 Å². The van der Waals surface area contributed by atoms with Crippen LogP contribution in [0.1, 0.15) is 57.0 Å². The molecule has 4 heteroatoms. The van der Waals surface area contributed by atoms with Crippen LogP contribution in [0.2, 0.25) is 0 Å². The minimum atomic E-state index is 0.00810. The van der Waals surface area contributed by atoms with Crippen LogP contribution in [0.25, 0.3) is 0 Å². The molecule has 0 radical (unpaired) electrons. The first-order chi connectivity index (χ1) is 9.70. The monoisotopic (exact) mass is 292 g/mol. The highest BCUT2D eigenvalue weighted by Gasteiger charge is 2.42. The summed E-state index contributed by atoms with van der Waals surface area (Å²) in [6.45, 7) is 4.36. The topological polar surface area (TPSA) is 32.3 Å². The molecule has 110 valence electrons. The summed E-state index contributed by atoms with van der Waals surface area (Å²) in [7, 11) is 0. The summed E-state index contributed by atoms with van der Waals surface area (Å²) < 4.78 is 0. The molecule has 3 atom stereocenters. The molecule has 0 aromatic carbocycles. The standard InChI is InChI=1S/C16H24N2OS/c1-3-5-13-16(19)18(11(2)10-12-7-8-12)15(17-13)14-6-4-9-20-14/h4,6,9,11-13,15,17H,3,5,7-8,10H2,1-2H3. The highest BCUT2D eigenvalue weighted by molar-refractivity contribution is 7.10.